The van der Waals surface area contributed by atoms with Crippen molar-refractivity contribution in [1.29, 1.82) is 0 Å². The van der Waals surface area contributed by atoms with Crippen molar-refractivity contribution in [2.45, 2.75) is 26.3 Å². The van der Waals surface area contributed by atoms with Gasteiger partial charge < -0.3 is 15.3 Å². The van der Waals surface area contributed by atoms with Crippen molar-refractivity contribution < 1.29 is 14.7 Å². The second-order valence-electron chi connectivity index (χ2n) is 4.89. The Bertz CT molecular complexity index is 286. The molecule has 0 aromatic heterocycles. The van der Waals surface area contributed by atoms with Gasteiger partial charge in [-0.25, -0.2) is 0 Å². The van der Waals surface area contributed by atoms with Gasteiger partial charge in [0.05, 0.1) is 6.54 Å². The Morgan fingerprint density at radius 2 is 2.06 bits per heavy atom. The molecule has 1 saturated heterocycles. The summed E-state index contributed by atoms with van der Waals surface area (Å²) in [5.41, 5.74) is 0. The van der Waals surface area contributed by atoms with Gasteiger partial charge in [-0.3, -0.25) is 14.5 Å². The molecule has 0 spiro atoms. The van der Waals surface area contributed by atoms with Crippen molar-refractivity contribution in [3.8, 4) is 0 Å². The van der Waals surface area contributed by atoms with Gasteiger partial charge in [-0.2, -0.15) is 0 Å². The molecule has 0 atom stereocenters. The number of carboxylic acid groups (broad SMARTS) is 1. The van der Waals surface area contributed by atoms with E-state index in [4.69, 9.17) is 5.11 Å². The van der Waals surface area contributed by atoms with Crippen molar-refractivity contribution >= 4 is 11.9 Å². The number of hydrogen-bond acceptors (Lipinski definition) is 4. The second-order valence-corrected chi connectivity index (χ2v) is 4.89. The Morgan fingerprint density at radius 3 is 2.67 bits per heavy atom. The number of nitrogens with one attached hydrogen (secondary N) is 1. The van der Waals surface area contributed by atoms with E-state index in [0.29, 0.717) is 6.54 Å². The highest BCUT2D eigenvalue weighted by molar-refractivity contribution is 5.83. The third kappa shape index (κ3) is 5.01. The van der Waals surface area contributed by atoms with Crippen LogP contribution in [0.25, 0.3) is 0 Å². The Kier molecular flexibility index (Phi) is 6.07. The van der Waals surface area contributed by atoms with Crippen LogP contribution in [0.1, 0.15) is 20.3 Å². The fourth-order valence-corrected chi connectivity index (χ4v) is 2.05. The summed E-state index contributed by atoms with van der Waals surface area (Å²) >= 11 is 0. The SMILES string of the molecule is CC(C)N(CC(=O)O)C(=O)CN1CCCNCC1. The Morgan fingerprint density at radius 1 is 1.33 bits per heavy atom. The number of carboxylic acids is 1. The molecule has 0 bridgehead atoms. The second kappa shape index (κ2) is 7.33. The standard InChI is InChI=1S/C12H23N3O3/c1-10(2)15(9-12(17)18)11(16)8-14-6-3-4-13-5-7-14/h10,13H,3-9H2,1-2H3,(H,17,18). The highest BCUT2D eigenvalue weighted by atomic mass is 16.4. The first-order chi connectivity index (χ1) is 8.50. The Labute approximate surface area is 108 Å². The summed E-state index contributed by atoms with van der Waals surface area (Å²) in [4.78, 5) is 26.3. The zero-order chi connectivity index (χ0) is 13.5. The molecule has 0 aromatic carbocycles. The van der Waals surface area contributed by atoms with Crippen molar-refractivity contribution in [3.63, 3.8) is 0 Å². The van der Waals surface area contributed by atoms with Gasteiger partial charge in [-0.1, -0.05) is 0 Å². The van der Waals surface area contributed by atoms with E-state index >= 15 is 0 Å². The molecule has 1 heterocycles. The van der Waals surface area contributed by atoms with Crippen LogP contribution in [0.3, 0.4) is 0 Å². The third-order valence-electron chi connectivity index (χ3n) is 3.04. The van der Waals surface area contributed by atoms with Crippen LogP contribution in [0.5, 0.6) is 0 Å². The number of nitrogens with zero attached hydrogens (tertiary/aromatic N) is 2. The molecule has 0 radical (unpaired) electrons. The van der Waals surface area contributed by atoms with E-state index in [1.165, 1.54) is 4.90 Å². The van der Waals surface area contributed by atoms with Gasteiger partial charge in [-0.05, 0) is 33.4 Å². The fourth-order valence-electron chi connectivity index (χ4n) is 2.05. The Hall–Kier alpha value is -1.14. The van der Waals surface area contributed by atoms with Gasteiger partial charge in [0, 0.05) is 19.1 Å². The van der Waals surface area contributed by atoms with Crippen LogP contribution >= 0.6 is 0 Å². The number of carbonyl (C=O) groups excluding carboxylic acids is 1. The van der Waals surface area contributed by atoms with Gasteiger partial charge in [0.25, 0.3) is 0 Å². The third-order valence-corrected chi connectivity index (χ3v) is 3.04. The summed E-state index contributed by atoms with van der Waals surface area (Å²) in [7, 11) is 0. The summed E-state index contributed by atoms with van der Waals surface area (Å²) < 4.78 is 0. The molecule has 0 aromatic rings. The average Bonchev–Trinajstić information content (AvgIpc) is 2.53. The predicted molar refractivity (Wildman–Crippen MR) is 68.4 cm³/mol. The normalized spacial score (nSPS) is 17.5. The van der Waals surface area contributed by atoms with Crippen LogP contribution in [0, 0.1) is 0 Å². The van der Waals surface area contributed by atoms with Crippen LogP contribution in [0.15, 0.2) is 0 Å². The first-order valence-corrected chi connectivity index (χ1v) is 6.45. The zero-order valence-corrected chi connectivity index (χ0v) is 11.2. The largest absolute Gasteiger partial charge is 0.480 e. The van der Waals surface area contributed by atoms with Crippen LogP contribution < -0.4 is 5.32 Å². The van der Waals surface area contributed by atoms with E-state index < -0.39 is 5.97 Å². The van der Waals surface area contributed by atoms with Crippen molar-refractivity contribution in [2.24, 2.45) is 0 Å². The molecule has 1 amide bonds. The highest BCUT2D eigenvalue weighted by Gasteiger charge is 2.22. The number of aliphatic carboxylic acids is 1. The van der Waals surface area contributed by atoms with E-state index in [0.717, 1.165) is 32.6 Å². The van der Waals surface area contributed by atoms with Gasteiger partial charge >= 0.3 is 5.97 Å². The highest BCUT2D eigenvalue weighted by Crippen LogP contribution is 2.02. The molecule has 1 aliphatic heterocycles. The van der Waals surface area contributed by atoms with E-state index in [1.54, 1.807) is 0 Å². The van der Waals surface area contributed by atoms with E-state index in [9.17, 15) is 9.59 Å². The molecule has 6 heteroatoms. The van der Waals surface area contributed by atoms with Crippen LogP contribution in [-0.4, -0.2) is 72.1 Å². The predicted octanol–water partition coefficient (Wildman–Crippen LogP) is -0.397. The average molecular weight is 257 g/mol. The number of rotatable bonds is 5. The fraction of sp³-hybridized carbons (Fsp3) is 0.833. The molecular formula is C12H23N3O3. The van der Waals surface area contributed by atoms with Gasteiger partial charge in [-0.15, -0.1) is 0 Å². The van der Waals surface area contributed by atoms with Crippen molar-refractivity contribution in [1.82, 2.24) is 15.1 Å². The molecule has 6 nitrogen and oxygen atoms in total. The lowest BCUT2D eigenvalue weighted by molar-refractivity contribution is -0.146. The minimum Gasteiger partial charge on any atom is -0.480 e. The first kappa shape index (κ1) is 14.9. The number of amides is 1. The molecule has 1 rings (SSSR count). The summed E-state index contributed by atoms with van der Waals surface area (Å²) in [5.74, 6) is -1.07. The maximum Gasteiger partial charge on any atom is 0.323 e. The molecule has 0 unspecified atom stereocenters. The van der Waals surface area contributed by atoms with Crippen molar-refractivity contribution in [3.05, 3.63) is 0 Å². The molecule has 18 heavy (non-hydrogen) atoms. The molecular weight excluding hydrogens is 234 g/mol. The summed E-state index contributed by atoms with van der Waals surface area (Å²) in [6.07, 6.45) is 1.02. The lowest BCUT2D eigenvalue weighted by Gasteiger charge is -2.28. The maximum atomic E-state index is 12.1. The topological polar surface area (TPSA) is 72.9 Å². The molecule has 0 aliphatic carbocycles. The molecule has 0 saturated carbocycles. The maximum absolute atomic E-state index is 12.1. The summed E-state index contributed by atoms with van der Waals surface area (Å²) in [6, 6.07) is -0.0845. The van der Waals surface area contributed by atoms with Gasteiger partial charge in [0.2, 0.25) is 5.91 Å². The first-order valence-electron chi connectivity index (χ1n) is 6.45. The van der Waals surface area contributed by atoms with E-state index in [1.807, 2.05) is 13.8 Å². The number of carbonyl (C=O) groups is 2. The monoisotopic (exact) mass is 257 g/mol. The summed E-state index contributed by atoms with van der Waals surface area (Å²) in [6.45, 7) is 7.36. The zero-order valence-electron chi connectivity index (χ0n) is 11.2. The van der Waals surface area contributed by atoms with Gasteiger partial charge in [0.1, 0.15) is 6.54 Å². The van der Waals surface area contributed by atoms with Gasteiger partial charge in [0.15, 0.2) is 0 Å². The molecule has 2 N–H and O–H groups in total. The van der Waals surface area contributed by atoms with Crippen LogP contribution in [0.4, 0.5) is 0 Å². The van der Waals surface area contributed by atoms with E-state index in [2.05, 4.69) is 10.2 Å². The summed E-state index contributed by atoms with van der Waals surface area (Å²) in [5, 5.41) is 12.1. The van der Waals surface area contributed by atoms with Crippen LogP contribution in [-0.2, 0) is 9.59 Å². The minimum absolute atomic E-state index is 0.0845. The quantitative estimate of drug-likeness (QED) is 0.701. The van der Waals surface area contributed by atoms with Crippen LogP contribution in [0.2, 0.25) is 0 Å². The minimum atomic E-state index is -0.963. The molecule has 1 aliphatic rings. The van der Waals surface area contributed by atoms with E-state index in [-0.39, 0.29) is 18.5 Å². The smallest absolute Gasteiger partial charge is 0.323 e. The number of hydrogen-bond donors (Lipinski definition) is 2. The molecule has 104 valence electrons. The lowest BCUT2D eigenvalue weighted by Crippen LogP contribution is -2.46. The van der Waals surface area contributed by atoms with Crippen molar-refractivity contribution in [2.75, 3.05) is 39.3 Å². The molecule has 1 fully saturated rings. The Balaban J connectivity index is 2.51. The lowest BCUT2D eigenvalue weighted by atomic mass is 10.3.